The van der Waals surface area contributed by atoms with Crippen molar-refractivity contribution in [3.05, 3.63) is 70.8 Å². The van der Waals surface area contributed by atoms with Crippen molar-refractivity contribution in [3.8, 4) is 0 Å². The minimum absolute atomic E-state index is 0. The summed E-state index contributed by atoms with van der Waals surface area (Å²) in [7, 11) is -9.74. The standard InChI is InChI=1S/2C11H10O5S.Mg/c2*1-11(17(14,15)16)6-9(12)7-4-2-3-5-8(7)10(11)13;/h2*2-5H,6H2,1H3,(H,14,15,16);/q;;+2/p-2. The summed E-state index contributed by atoms with van der Waals surface area (Å²) < 4.78 is 62.5. The van der Waals surface area contributed by atoms with E-state index in [0.29, 0.717) is 0 Å². The maximum absolute atomic E-state index is 12.0. The number of hydrogen-bond donors (Lipinski definition) is 0. The molecule has 2 aromatic carbocycles. The SMILES string of the molecule is CC1(S(=O)(=O)[O-])CC(=O)c2ccccc2C1=O.CC1(S(=O)(=O)[O-])CC(=O)c2ccccc2C1=O.[Mg+2]. The molecule has 2 aromatic rings. The van der Waals surface area contributed by atoms with Crippen molar-refractivity contribution < 1.29 is 45.1 Å². The molecule has 0 radical (unpaired) electrons. The van der Waals surface area contributed by atoms with Crippen LogP contribution in [-0.4, -0.2) is 81.6 Å². The Hall–Kier alpha value is -2.29. The first-order valence-corrected chi connectivity index (χ1v) is 12.6. The predicted molar refractivity (Wildman–Crippen MR) is 121 cm³/mol. The van der Waals surface area contributed by atoms with Gasteiger partial charge >= 0.3 is 23.1 Å². The molecule has 0 saturated carbocycles. The van der Waals surface area contributed by atoms with E-state index in [1.807, 2.05) is 0 Å². The number of ketones is 4. The maximum Gasteiger partial charge on any atom is 2.00 e. The van der Waals surface area contributed by atoms with Gasteiger partial charge in [-0.2, -0.15) is 0 Å². The van der Waals surface area contributed by atoms with Gasteiger partial charge in [-0.15, -0.1) is 0 Å². The number of Topliss-reactive ketones (excluding diaryl/α,β-unsaturated/α-hetero) is 4. The van der Waals surface area contributed by atoms with Crippen molar-refractivity contribution in [1.29, 1.82) is 0 Å². The molecule has 13 heteroatoms. The number of hydrogen-bond acceptors (Lipinski definition) is 10. The van der Waals surface area contributed by atoms with Crippen LogP contribution in [0.2, 0.25) is 0 Å². The molecule has 180 valence electrons. The van der Waals surface area contributed by atoms with Crippen LogP contribution in [0, 0.1) is 0 Å². The summed E-state index contributed by atoms with van der Waals surface area (Å²) in [6.45, 7) is 2.01. The largest absolute Gasteiger partial charge is 2.00 e. The molecule has 0 aromatic heterocycles. The summed E-state index contributed by atoms with van der Waals surface area (Å²) in [5, 5.41) is 0. The van der Waals surface area contributed by atoms with Gasteiger partial charge in [0.1, 0.15) is 29.7 Å². The van der Waals surface area contributed by atoms with Gasteiger partial charge in [-0.05, 0) is 13.8 Å². The molecule has 0 bridgehead atoms. The topological polar surface area (TPSA) is 183 Å². The first kappa shape index (κ1) is 28.9. The zero-order valence-electron chi connectivity index (χ0n) is 18.6. The van der Waals surface area contributed by atoms with Crippen LogP contribution in [0.5, 0.6) is 0 Å². The van der Waals surface area contributed by atoms with E-state index < -0.39 is 65.7 Å². The molecule has 2 atom stereocenters. The number of fused-ring (bicyclic) bond motifs is 2. The molecular weight excluding hydrogens is 513 g/mol. The first-order valence-electron chi connectivity index (χ1n) is 9.79. The normalized spacial score (nSPS) is 23.9. The Balaban J connectivity index is 0.000000240. The van der Waals surface area contributed by atoms with Gasteiger partial charge in [-0.25, -0.2) is 16.8 Å². The van der Waals surface area contributed by atoms with Crippen LogP contribution in [0.1, 0.15) is 68.1 Å². The van der Waals surface area contributed by atoms with Crippen LogP contribution >= 0.6 is 0 Å². The van der Waals surface area contributed by atoms with E-state index in [1.165, 1.54) is 36.4 Å². The van der Waals surface area contributed by atoms with Crippen molar-refractivity contribution in [3.63, 3.8) is 0 Å². The fourth-order valence-corrected chi connectivity index (χ4v) is 5.08. The van der Waals surface area contributed by atoms with Crippen LogP contribution in [0.15, 0.2) is 48.5 Å². The van der Waals surface area contributed by atoms with Crippen molar-refractivity contribution in [1.82, 2.24) is 0 Å². The molecule has 10 nitrogen and oxygen atoms in total. The minimum atomic E-state index is -4.87. The van der Waals surface area contributed by atoms with E-state index >= 15 is 0 Å². The summed E-state index contributed by atoms with van der Waals surface area (Å²) in [5.74, 6) is -2.60. The second-order valence-electron chi connectivity index (χ2n) is 8.32. The Labute approximate surface area is 217 Å². The fraction of sp³-hybridized carbons (Fsp3) is 0.273. The predicted octanol–water partition coefficient (Wildman–Crippen LogP) is 1.14. The molecule has 4 rings (SSSR count). The minimum Gasteiger partial charge on any atom is -0.747 e. The van der Waals surface area contributed by atoms with Gasteiger partial charge in [-0.1, -0.05) is 48.5 Å². The Kier molecular flexibility index (Phi) is 7.97. The molecule has 35 heavy (non-hydrogen) atoms. The molecule has 2 unspecified atom stereocenters. The molecule has 0 heterocycles. The molecule has 0 aliphatic heterocycles. The molecular formula is C22H18MgO10S2. The van der Waals surface area contributed by atoms with Gasteiger partial charge in [0.05, 0.1) is 0 Å². The Bertz CT molecular complexity index is 1350. The van der Waals surface area contributed by atoms with Crippen LogP contribution < -0.4 is 0 Å². The average Bonchev–Trinajstić information content (AvgIpc) is 2.75. The van der Waals surface area contributed by atoms with Crippen molar-refractivity contribution in [2.45, 2.75) is 36.2 Å². The molecule has 0 fully saturated rings. The third-order valence-electron chi connectivity index (χ3n) is 6.00. The summed E-state index contributed by atoms with van der Waals surface area (Å²) in [6, 6.07) is 11.8. The molecule has 0 N–H and O–H groups in total. The number of rotatable bonds is 2. The zero-order chi connectivity index (χ0) is 25.7. The molecule has 2 aliphatic carbocycles. The van der Waals surface area contributed by atoms with Gasteiger partial charge in [-0.3, -0.25) is 19.2 Å². The molecule has 0 saturated heterocycles. The Morgan fingerprint density at radius 2 is 0.857 bits per heavy atom. The molecule has 0 amide bonds. The van der Waals surface area contributed by atoms with Crippen LogP contribution in [-0.2, 0) is 20.2 Å². The second-order valence-corrected chi connectivity index (χ2v) is 11.9. The Morgan fingerprint density at radius 3 is 1.11 bits per heavy atom. The summed E-state index contributed by atoms with van der Waals surface area (Å²) in [5.41, 5.74) is 0.369. The van der Waals surface area contributed by atoms with Crippen LogP contribution in [0.3, 0.4) is 0 Å². The van der Waals surface area contributed by atoms with E-state index in [0.717, 1.165) is 13.8 Å². The smallest absolute Gasteiger partial charge is 0.747 e. The van der Waals surface area contributed by atoms with Gasteiger partial charge in [0.15, 0.2) is 23.1 Å². The number of carbonyl (C=O) groups excluding carboxylic acids is 4. The van der Waals surface area contributed by atoms with Crippen LogP contribution in [0.25, 0.3) is 0 Å². The first-order chi connectivity index (χ1) is 15.5. The Morgan fingerprint density at radius 1 is 0.600 bits per heavy atom. The third kappa shape index (κ3) is 4.88. The number of carbonyl (C=O) groups is 4. The van der Waals surface area contributed by atoms with E-state index in [4.69, 9.17) is 0 Å². The van der Waals surface area contributed by atoms with E-state index in [1.54, 1.807) is 12.1 Å². The zero-order valence-corrected chi connectivity index (χ0v) is 21.7. The van der Waals surface area contributed by atoms with Gasteiger partial charge in [0.2, 0.25) is 0 Å². The summed E-state index contributed by atoms with van der Waals surface area (Å²) >= 11 is 0. The molecule has 0 spiro atoms. The third-order valence-corrected chi connectivity index (χ3v) is 8.87. The summed E-state index contributed by atoms with van der Waals surface area (Å²) in [6.07, 6.45) is -1.18. The van der Waals surface area contributed by atoms with Crippen LogP contribution in [0.4, 0.5) is 0 Å². The quantitative estimate of drug-likeness (QED) is 0.403. The van der Waals surface area contributed by atoms with Crippen molar-refractivity contribution in [2.75, 3.05) is 0 Å². The second kappa shape index (κ2) is 9.63. The molecule has 2 aliphatic rings. The van der Waals surface area contributed by atoms with Gasteiger partial charge in [0, 0.05) is 35.1 Å². The van der Waals surface area contributed by atoms with Gasteiger partial charge < -0.3 is 9.11 Å². The van der Waals surface area contributed by atoms with Gasteiger partial charge in [0.25, 0.3) is 0 Å². The van der Waals surface area contributed by atoms with Crippen molar-refractivity contribution in [2.24, 2.45) is 0 Å². The van der Waals surface area contributed by atoms with E-state index in [-0.39, 0.29) is 45.3 Å². The summed E-state index contributed by atoms with van der Waals surface area (Å²) in [4.78, 5) is 47.5. The van der Waals surface area contributed by atoms with E-state index in [9.17, 15) is 45.1 Å². The maximum atomic E-state index is 12.0. The number of benzene rings is 2. The fourth-order valence-electron chi connectivity index (χ4n) is 3.79. The monoisotopic (exact) mass is 530 g/mol. The average molecular weight is 531 g/mol. The van der Waals surface area contributed by atoms with Crippen molar-refractivity contribution >= 4 is 66.4 Å². The van der Waals surface area contributed by atoms with E-state index in [2.05, 4.69) is 0 Å².